The molecule has 184 valence electrons. The van der Waals surface area contributed by atoms with E-state index in [2.05, 4.69) is 15.6 Å². The van der Waals surface area contributed by atoms with Gasteiger partial charge in [0.05, 0.1) is 50.9 Å². The minimum Gasteiger partial charge on any atom is -0.497 e. The fraction of sp³-hybridized carbons (Fsp3) is 0.320. The van der Waals surface area contributed by atoms with Gasteiger partial charge in [0.25, 0.3) is 5.91 Å². The molecule has 0 saturated carbocycles. The Morgan fingerprint density at radius 2 is 2.03 bits per heavy atom. The number of carbonyl (C=O) groups is 2. The zero-order chi connectivity index (χ0) is 24.8. The fourth-order valence-corrected chi connectivity index (χ4v) is 5.16. The first kappa shape index (κ1) is 24.3. The molecule has 2 N–H and O–H groups in total. The highest BCUT2D eigenvalue weighted by Gasteiger charge is 2.30. The molecule has 3 heterocycles. The Labute approximate surface area is 208 Å². The average molecular weight is 497 g/mol. The summed E-state index contributed by atoms with van der Waals surface area (Å²) in [4.78, 5) is 32.8. The number of methoxy groups -OCH3 is 2. The molecule has 3 aromatic rings. The third kappa shape index (κ3) is 5.48. The van der Waals surface area contributed by atoms with Gasteiger partial charge in [0.1, 0.15) is 16.5 Å². The van der Waals surface area contributed by atoms with Crippen molar-refractivity contribution >= 4 is 34.0 Å². The van der Waals surface area contributed by atoms with Crippen LogP contribution in [-0.4, -0.2) is 49.3 Å². The Bertz CT molecular complexity index is 1200. The van der Waals surface area contributed by atoms with E-state index in [1.54, 1.807) is 50.4 Å². The number of benzene rings is 1. The summed E-state index contributed by atoms with van der Waals surface area (Å²) < 4.78 is 15.9. The molecule has 9 nitrogen and oxygen atoms in total. The number of anilines is 2. The van der Waals surface area contributed by atoms with Crippen LogP contribution in [0, 0.1) is 0 Å². The second kappa shape index (κ2) is 11.1. The number of aromatic nitrogens is 1. The summed E-state index contributed by atoms with van der Waals surface area (Å²) in [6.07, 6.45) is 1.94. The van der Waals surface area contributed by atoms with E-state index in [0.717, 1.165) is 21.1 Å². The van der Waals surface area contributed by atoms with Crippen LogP contribution in [0.5, 0.6) is 11.5 Å². The molecule has 2 aromatic heterocycles. The SMILES string of the molecule is CCOC(=O)N1CCc2c(sc(NCc3ccccn3)c2C(=O)Nc2ccc(OC)cc2OC)C1. The van der Waals surface area contributed by atoms with Gasteiger partial charge in [-0.25, -0.2) is 4.79 Å². The quantitative estimate of drug-likeness (QED) is 0.472. The summed E-state index contributed by atoms with van der Waals surface area (Å²) in [5.74, 6) is 0.877. The van der Waals surface area contributed by atoms with E-state index in [0.29, 0.717) is 55.4 Å². The van der Waals surface area contributed by atoms with E-state index in [4.69, 9.17) is 14.2 Å². The monoisotopic (exact) mass is 496 g/mol. The van der Waals surface area contributed by atoms with Gasteiger partial charge in [0.15, 0.2) is 0 Å². The van der Waals surface area contributed by atoms with Crippen molar-refractivity contribution in [1.29, 1.82) is 0 Å². The van der Waals surface area contributed by atoms with Crippen LogP contribution in [0.3, 0.4) is 0 Å². The summed E-state index contributed by atoms with van der Waals surface area (Å²) in [5.41, 5.74) is 2.90. The Kier molecular flexibility index (Phi) is 7.71. The van der Waals surface area contributed by atoms with Crippen molar-refractivity contribution in [2.45, 2.75) is 26.4 Å². The summed E-state index contributed by atoms with van der Waals surface area (Å²) >= 11 is 1.47. The lowest BCUT2D eigenvalue weighted by Crippen LogP contribution is -2.36. The van der Waals surface area contributed by atoms with Gasteiger partial charge in [-0.15, -0.1) is 11.3 Å². The minimum absolute atomic E-state index is 0.251. The second-order valence-corrected chi connectivity index (χ2v) is 8.88. The zero-order valence-electron chi connectivity index (χ0n) is 19.9. The summed E-state index contributed by atoms with van der Waals surface area (Å²) in [7, 11) is 3.12. The molecule has 4 rings (SSSR count). The van der Waals surface area contributed by atoms with Gasteiger partial charge in [-0.05, 0) is 43.2 Å². The van der Waals surface area contributed by atoms with E-state index in [1.807, 2.05) is 18.2 Å². The number of carbonyl (C=O) groups excluding carboxylic acids is 2. The lowest BCUT2D eigenvalue weighted by Gasteiger charge is -2.26. The van der Waals surface area contributed by atoms with Gasteiger partial charge in [-0.1, -0.05) is 6.07 Å². The van der Waals surface area contributed by atoms with Crippen LogP contribution in [0.1, 0.15) is 33.4 Å². The maximum absolute atomic E-state index is 13.6. The van der Waals surface area contributed by atoms with Gasteiger partial charge in [-0.3, -0.25) is 9.78 Å². The molecule has 0 aliphatic carbocycles. The molecule has 2 amide bonds. The lowest BCUT2D eigenvalue weighted by molar-refractivity contribution is 0.102. The maximum atomic E-state index is 13.6. The topological polar surface area (TPSA) is 102 Å². The molecule has 0 atom stereocenters. The number of hydrogen-bond acceptors (Lipinski definition) is 8. The second-order valence-electron chi connectivity index (χ2n) is 7.77. The predicted octanol–water partition coefficient (Wildman–Crippen LogP) is 4.54. The lowest BCUT2D eigenvalue weighted by atomic mass is 10.0. The first-order valence-corrected chi connectivity index (χ1v) is 12.1. The average Bonchev–Trinajstić information content (AvgIpc) is 3.26. The molecule has 0 spiro atoms. The molecule has 0 bridgehead atoms. The number of pyridine rings is 1. The van der Waals surface area contributed by atoms with Crippen molar-refractivity contribution in [1.82, 2.24) is 9.88 Å². The third-order valence-electron chi connectivity index (χ3n) is 5.62. The van der Waals surface area contributed by atoms with E-state index in [9.17, 15) is 9.59 Å². The number of hydrogen-bond donors (Lipinski definition) is 2. The van der Waals surface area contributed by atoms with E-state index in [1.165, 1.54) is 11.3 Å². The Morgan fingerprint density at radius 3 is 2.74 bits per heavy atom. The molecular formula is C25H28N4O5S. The number of fused-ring (bicyclic) bond motifs is 1. The highest BCUT2D eigenvalue weighted by molar-refractivity contribution is 7.16. The van der Waals surface area contributed by atoms with E-state index in [-0.39, 0.29) is 12.0 Å². The molecular weight excluding hydrogens is 468 g/mol. The van der Waals surface area contributed by atoms with E-state index < -0.39 is 0 Å². The molecule has 0 saturated heterocycles. The minimum atomic E-state index is -0.344. The summed E-state index contributed by atoms with van der Waals surface area (Å²) in [6.45, 7) is 3.45. The van der Waals surface area contributed by atoms with Crippen molar-refractivity contribution < 1.29 is 23.8 Å². The molecule has 0 fully saturated rings. The smallest absolute Gasteiger partial charge is 0.410 e. The number of nitrogens with one attached hydrogen (secondary N) is 2. The zero-order valence-corrected chi connectivity index (χ0v) is 20.7. The summed E-state index contributed by atoms with van der Waals surface area (Å²) in [6, 6.07) is 10.9. The van der Waals surface area contributed by atoms with Crippen LogP contribution in [0.2, 0.25) is 0 Å². The maximum Gasteiger partial charge on any atom is 0.410 e. The van der Waals surface area contributed by atoms with Gasteiger partial charge < -0.3 is 29.7 Å². The first-order valence-electron chi connectivity index (χ1n) is 11.3. The van der Waals surface area contributed by atoms with Gasteiger partial charge >= 0.3 is 6.09 Å². The normalized spacial score (nSPS) is 12.5. The number of thiophene rings is 1. The first-order chi connectivity index (χ1) is 17.0. The molecule has 0 radical (unpaired) electrons. The molecule has 1 aromatic carbocycles. The Balaban J connectivity index is 1.63. The Hall–Kier alpha value is -3.79. The molecule has 1 aliphatic rings. The van der Waals surface area contributed by atoms with Crippen LogP contribution in [-0.2, 0) is 24.2 Å². The molecule has 0 unspecified atom stereocenters. The molecule has 1 aliphatic heterocycles. The number of rotatable bonds is 8. The highest BCUT2D eigenvalue weighted by atomic mass is 32.1. The van der Waals surface area contributed by atoms with E-state index >= 15 is 0 Å². The number of ether oxygens (including phenoxy) is 3. The number of nitrogens with zero attached hydrogens (tertiary/aromatic N) is 2. The van der Waals surface area contributed by atoms with Crippen LogP contribution in [0.25, 0.3) is 0 Å². The van der Waals surface area contributed by atoms with Crippen LogP contribution in [0.4, 0.5) is 15.5 Å². The van der Waals surface area contributed by atoms with Crippen molar-refractivity contribution in [3.05, 3.63) is 64.3 Å². The van der Waals surface area contributed by atoms with Crippen molar-refractivity contribution in [3.8, 4) is 11.5 Å². The van der Waals surface area contributed by atoms with Crippen molar-refractivity contribution in [2.75, 3.05) is 38.0 Å². The molecule has 10 heteroatoms. The fourth-order valence-electron chi connectivity index (χ4n) is 3.90. The van der Waals surface area contributed by atoms with Gasteiger partial charge in [0.2, 0.25) is 0 Å². The standard InChI is InChI=1S/C25H28N4O5S/c1-4-34-25(31)29-12-10-18-21(15-29)35-24(27-14-16-7-5-6-11-26-16)22(18)23(30)28-19-9-8-17(32-2)13-20(19)33-3/h5-9,11,13,27H,4,10,12,14-15H2,1-3H3,(H,28,30). The van der Waals surface area contributed by atoms with Gasteiger partial charge in [0, 0.05) is 23.7 Å². The van der Waals surface area contributed by atoms with Crippen LogP contribution >= 0.6 is 11.3 Å². The van der Waals surface area contributed by atoms with Crippen molar-refractivity contribution in [3.63, 3.8) is 0 Å². The van der Waals surface area contributed by atoms with Crippen LogP contribution in [0.15, 0.2) is 42.6 Å². The van der Waals surface area contributed by atoms with Crippen LogP contribution < -0.4 is 20.1 Å². The number of amides is 2. The Morgan fingerprint density at radius 1 is 1.17 bits per heavy atom. The van der Waals surface area contributed by atoms with Gasteiger partial charge in [-0.2, -0.15) is 0 Å². The third-order valence-corrected chi connectivity index (χ3v) is 6.80. The highest BCUT2D eigenvalue weighted by Crippen LogP contribution is 2.39. The summed E-state index contributed by atoms with van der Waals surface area (Å²) in [5, 5.41) is 7.10. The molecule has 35 heavy (non-hydrogen) atoms. The van der Waals surface area contributed by atoms with Crippen molar-refractivity contribution in [2.24, 2.45) is 0 Å². The largest absolute Gasteiger partial charge is 0.497 e. The predicted molar refractivity (Wildman–Crippen MR) is 135 cm³/mol.